The van der Waals surface area contributed by atoms with Gasteiger partial charge in [-0.1, -0.05) is 6.07 Å². The first-order valence-electron chi connectivity index (χ1n) is 4.95. The molecule has 0 saturated carbocycles. The first-order chi connectivity index (χ1) is 7.69. The highest BCUT2D eigenvalue weighted by Gasteiger charge is 2.07. The van der Waals surface area contributed by atoms with Crippen molar-refractivity contribution in [2.24, 2.45) is 0 Å². The van der Waals surface area contributed by atoms with Crippen LogP contribution >= 0.6 is 0 Å². The molecule has 0 aromatic heterocycles. The number of hydrogen-bond donors (Lipinski definition) is 0. The maximum atomic E-state index is 11.3. The fourth-order valence-corrected chi connectivity index (χ4v) is 1.33. The summed E-state index contributed by atoms with van der Waals surface area (Å²) in [5, 5.41) is 8.49. The molecular formula is C12H14N2O2. The van der Waals surface area contributed by atoms with Crippen LogP contribution in [0, 0.1) is 11.3 Å². The van der Waals surface area contributed by atoms with Gasteiger partial charge in [-0.2, -0.15) is 5.26 Å². The highest BCUT2D eigenvalue weighted by atomic mass is 16.5. The van der Waals surface area contributed by atoms with Crippen LogP contribution < -0.4 is 4.90 Å². The highest BCUT2D eigenvalue weighted by Crippen LogP contribution is 2.15. The molecular weight excluding hydrogens is 204 g/mol. The molecule has 0 aliphatic carbocycles. The summed E-state index contributed by atoms with van der Waals surface area (Å²) in [7, 11) is 3.24. The van der Waals surface area contributed by atoms with Gasteiger partial charge in [-0.25, -0.2) is 4.79 Å². The Morgan fingerprint density at radius 1 is 1.56 bits per heavy atom. The lowest BCUT2D eigenvalue weighted by Crippen LogP contribution is -2.18. The summed E-state index contributed by atoms with van der Waals surface area (Å²) >= 11 is 0. The fourth-order valence-electron chi connectivity index (χ4n) is 1.33. The second-order valence-corrected chi connectivity index (χ2v) is 3.37. The molecule has 1 rings (SSSR count). The van der Waals surface area contributed by atoms with E-state index in [-0.39, 0.29) is 5.97 Å². The van der Waals surface area contributed by atoms with Gasteiger partial charge in [-0.15, -0.1) is 0 Å². The predicted molar refractivity (Wildman–Crippen MR) is 61.3 cm³/mol. The average Bonchev–Trinajstić information content (AvgIpc) is 2.35. The minimum atomic E-state index is -0.351. The van der Waals surface area contributed by atoms with E-state index in [1.807, 2.05) is 18.0 Å². The molecule has 0 aliphatic rings. The quantitative estimate of drug-likeness (QED) is 0.723. The van der Waals surface area contributed by atoms with Crippen molar-refractivity contribution in [2.75, 3.05) is 25.6 Å². The molecule has 0 N–H and O–H groups in total. The first-order valence-corrected chi connectivity index (χ1v) is 4.95. The molecule has 1 aromatic carbocycles. The molecule has 1 aromatic rings. The van der Waals surface area contributed by atoms with Gasteiger partial charge in [0.2, 0.25) is 0 Å². The lowest BCUT2D eigenvalue weighted by Gasteiger charge is -2.18. The summed E-state index contributed by atoms with van der Waals surface area (Å²) in [6.45, 7) is 0.640. The summed E-state index contributed by atoms with van der Waals surface area (Å²) in [5.74, 6) is -0.351. The third-order valence-electron chi connectivity index (χ3n) is 2.27. The van der Waals surface area contributed by atoms with Gasteiger partial charge in [0.1, 0.15) is 0 Å². The fraction of sp³-hybridized carbons (Fsp3) is 0.333. The van der Waals surface area contributed by atoms with E-state index in [0.717, 1.165) is 5.69 Å². The van der Waals surface area contributed by atoms with Crippen LogP contribution in [-0.2, 0) is 4.74 Å². The van der Waals surface area contributed by atoms with Crippen molar-refractivity contribution in [3.63, 3.8) is 0 Å². The normalized spacial score (nSPS) is 9.31. The Morgan fingerprint density at radius 2 is 2.31 bits per heavy atom. The second kappa shape index (κ2) is 5.76. The number of benzene rings is 1. The average molecular weight is 218 g/mol. The minimum Gasteiger partial charge on any atom is -0.465 e. The Labute approximate surface area is 95.0 Å². The number of carbonyl (C=O) groups excluding carboxylic acids is 1. The topological polar surface area (TPSA) is 53.3 Å². The number of methoxy groups -OCH3 is 1. The number of hydrogen-bond acceptors (Lipinski definition) is 4. The smallest absolute Gasteiger partial charge is 0.337 e. The van der Waals surface area contributed by atoms with Crippen LogP contribution in [0.2, 0.25) is 0 Å². The van der Waals surface area contributed by atoms with Gasteiger partial charge in [0.05, 0.1) is 25.2 Å². The number of ether oxygens (including phenoxy) is 1. The van der Waals surface area contributed by atoms with Gasteiger partial charge < -0.3 is 9.64 Å². The summed E-state index contributed by atoms with van der Waals surface area (Å²) in [5.41, 5.74) is 1.42. The van der Waals surface area contributed by atoms with Crippen molar-refractivity contribution in [2.45, 2.75) is 6.42 Å². The minimum absolute atomic E-state index is 0.351. The van der Waals surface area contributed by atoms with Crippen molar-refractivity contribution in [1.82, 2.24) is 0 Å². The molecule has 0 heterocycles. The van der Waals surface area contributed by atoms with E-state index in [1.54, 1.807) is 18.2 Å². The number of rotatable bonds is 4. The molecule has 0 unspecified atom stereocenters. The van der Waals surface area contributed by atoms with Crippen LogP contribution in [0.15, 0.2) is 24.3 Å². The Kier molecular flexibility index (Phi) is 4.34. The van der Waals surface area contributed by atoms with Gasteiger partial charge in [0.25, 0.3) is 0 Å². The Balaban J connectivity index is 2.82. The van der Waals surface area contributed by atoms with Gasteiger partial charge in [-0.3, -0.25) is 0 Å². The van der Waals surface area contributed by atoms with Crippen molar-refractivity contribution in [1.29, 1.82) is 5.26 Å². The molecule has 0 bridgehead atoms. The van der Waals surface area contributed by atoms with E-state index in [4.69, 9.17) is 5.26 Å². The molecule has 4 heteroatoms. The highest BCUT2D eigenvalue weighted by molar-refractivity contribution is 5.90. The van der Waals surface area contributed by atoms with Gasteiger partial charge in [0, 0.05) is 19.3 Å². The van der Waals surface area contributed by atoms with Crippen LogP contribution in [-0.4, -0.2) is 26.7 Å². The molecule has 0 atom stereocenters. The number of carbonyl (C=O) groups is 1. The van der Waals surface area contributed by atoms with E-state index < -0.39 is 0 Å². The monoisotopic (exact) mass is 218 g/mol. The van der Waals surface area contributed by atoms with Crippen molar-refractivity contribution < 1.29 is 9.53 Å². The zero-order valence-corrected chi connectivity index (χ0v) is 9.43. The van der Waals surface area contributed by atoms with Crippen molar-refractivity contribution in [3.05, 3.63) is 29.8 Å². The maximum absolute atomic E-state index is 11.3. The van der Waals surface area contributed by atoms with Gasteiger partial charge >= 0.3 is 5.97 Å². The van der Waals surface area contributed by atoms with E-state index in [9.17, 15) is 4.79 Å². The third kappa shape index (κ3) is 2.99. The van der Waals surface area contributed by atoms with Crippen LogP contribution in [0.4, 0.5) is 5.69 Å². The summed E-state index contributed by atoms with van der Waals surface area (Å²) in [6, 6.07) is 9.23. The zero-order chi connectivity index (χ0) is 12.0. The Bertz CT molecular complexity index is 410. The molecule has 4 nitrogen and oxygen atoms in total. The summed E-state index contributed by atoms with van der Waals surface area (Å²) in [6.07, 6.45) is 0.457. The number of nitriles is 1. The van der Waals surface area contributed by atoms with E-state index >= 15 is 0 Å². The van der Waals surface area contributed by atoms with Crippen LogP contribution in [0.5, 0.6) is 0 Å². The van der Waals surface area contributed by atoms with Crippen LogP contribution in [0.3, 0.4) is 0 Å². The third-order valence-corrected chi connectivity index (χ3v) is 2.27. The van der Waals surface area contributed by atoms with Crippen molar-refractivity contribution in [3.8, 4) is 6.07 Å². The van der Waals surface area contributed by atoms with E-state index in [0.29, 0.717) is 18.5 Å². The number of nitrogens with zero attached hydrogens (tertiary/aromatic N) is 2. The van der Waals surface area contributed by atoms with Crippen molar-refractivity contribution >= 4 is 11.7 Å². The molecule has 0 amide bonds. The largest absolute Gasteiger partial charge is 0.465 e. The second-order valence-electron chi connectivity index (χ2n) is 3.37. The predicted octanol–water partition coefficient (Wildman–Crippen LogP) is 1.82. The molecule has 0 fully saturated rings. The molecule has 84 valence electrons. The van der Waals surface area contributed by atoms with Crippen LogP contribution in [0.1, 0.15) is 16.8 Å². The summed E-state index contributed by atoms with van der Waals surface area (Å²) < 4.78 is 4.64. The Hall–Kier alpha value is -2.02. The lowest BCUT2D eigenvalue weighted by atomic mass is 10.2. The molecule has 0 saturated heterocycles. The van der Waals surface area contributed by atoms with Crippen LogP contribution in [0.25, 0.3) is 0 Å². The maximum Gasteiger partial charge on any atom is 0.337 e. The molecule has 0 aliphatic heterocycles. The molecule has 16 heavy (non-hydrogen) atoms. The zero-order valence-electron chi connectivity index (χ0n) is 9.43. The lowest BCUT2D eigenvalue weighted by molar-refractivity contribution is 0.0601. The molecule has 0 spiro atoms. The summed E-state index contributed by atoms with van der Waals surface area (Å²) in [4.78, 5) is 13.2. The molecule has 0 radical (unpaired) electrons. The standard InChI is InChI=1S/C12H14N2O2/c1-14(8-4-7-13)11-6-3-5-10(9-11)12(15)16-2/h3,5-6,9H,4,8H2,1-2H3. The van der Waals surface area contributed by atoms with Gasteiger partial charge in [0.15, 0.2) is 0 Å². The number of anilines is 1. The first kappa shape index (κ1) is 12.1. The van der Waals surface area contributed by atoms with E-state index in [2.05, 4.69) is 10.8 Å². The number of esters is 1. The van der Waals surface area contributed by atoms with Gasteiger partial charge in [-0.05, 0) is 18.2 Å². The Morgan fingerprint density at radius 3 is 2.94 bits per heavy atom. The van der Waals surface area contributed by atoms with E-state index in [1.165, 1.54) is 7.11 Å². The SMILES string of the molecule is COC(=O)c1cccc(N(C)CCC#N)c1.